The van der Waals surface area contributed by atoms with Crippen LogP contribution in [-0.2, 0) is 10.0 Å². The molecule has 0 spiro atoms. The third kappa shape index (κ3) is 3.82. The molecule has 5 nitrogen and oxygen atoms in total. The van der Waals surface area contributed by atoms with Crippen LogP contribution >= 0.6 is 15.9 Å². The first-order chi connectivity index (χ1) is 9.94. The second kappa shape index (κ2) is 6.57. The maximum Gasteiger partial charge on any atom is 0.243 e. The fraction of sp³-hybridized carbons (Fsp3) is 0.143. The van der Waals surface area contributed by atoms with Crippen LogP contribution in [0.5, 0.6) is 0 Å². The fourth-order valence-electron chi connectivity index (χ4n) is 1.91. The second-order valence-electron chi connectivity index (χ2n) is 4.45. The van der Waals surface area contributed by atoms with Crippen LogP contribution in [0, 0.1) is 0 Å². The Kier molecular flexibility index (Phi) is 5.00. The number of rotatable bonds is 5. The number of nitrogens with one attached hydrogen (secondary N) is 1. The van der Waals surface area contributed by atoms with Gasteiger partial charge in [0.15, 0.2) is 0 Å². The van der Waals surface area contributed by atoms with Gasteiger partial charge < -0.3 is 10.8 Å². The second-order valence-corrected chi connectivity index (χ2v) is 7.05. The van der Waals surface area contributed by atoms with Crippen molar-refractivity contribution in [2.45, 2.75) is 10.9 Å². The van der Waals surface area contributed by atoms with Crippen LogP contribution in [0.3, 0.4) is 0 Å². The first-order valence-corrected chi connectivity index (χ1v) is 8.45. The molecular formula is C14H15BrN2O3S. The van der Waals surface area contributed by atoms with E-state index in [9.17, 15) is 13.5 Å². The topological polar surface area (TPSA) is 92.4 Å². The summed E-state index contributed by atoms with van der Waals surface area (Å²) in [6, 6.07) is 12.7. The quantitative estimate of drug-likeness (QED) is 0.702. The number of sulfonamides is 1. The number of aliphatic hydroxyl groups excluding tert-OH is 1. The zero-order valence-electron chi connectivity index (χ0n) is 11.0. The molecule has 0 saturated heterocycles. The number of nitrogen functional groups attached to an aromatic ring is 1. The highest BCUT2D eigenvalue weighted by atomic mass is 79.9. The highest BCUT2D eigenvalue weighted by Crippen LogP contribution is 2.24. The highest BCUT2D eigenvalue weighted by molar-refractivity contribution is 9.10. The summed E-state index contributed by atoms with van der Waals surface area (Å²) in [5, 5.41) is 9.44. The number of hydrogen-bond acceptors (Lipinski definition) is 4. The molecule has 0 aliphatic carbocycles. The smallest absolute Gasteiger partial charge is 0.243 e. The van der Waals surface area contributed by atoms with Gasteiger partial charge in [-0.25, -0.2) is 13.1 Å². The first-order valence-electron chi connectivity index (χ1n) is 6.17. The van der Waals surface area contributed by atoms with Crippen LogP contribution in [-0.4, -0.2) is 20.1 Å². The molecule has 4 N–H and O–H groups in total. The molecule has 0 aliphatic rings. The van der Waals surface area contributed by atoms with Gasteiger partial charge in [-0.2, -0.15) is 0 Å². The Bertz CT molecular complexity index is 720. The SMILES string of the molecule is Nc1cc(Br)ccc1S(=O)(=O)N[C@H](CO)c1ccccc1. The average molecular weight is 371 g/mol. The Morgan fingerprint density at radius 2 is 1.86 bits per heavy atom. The van der Waals surface area contributed by atoms with E-state index in [1.807, 2.05) is 6.07 Å². The van der Waals surface area contributed by atoms with E-state index in [0.29, 0.717) is 10.0 Å². The van der Waals surface area contributed by atoms with Crippen LogP contribution in [0.4, 0.5) is 5.69 Å². The number of hydrogen-bond donors (Lipinski definition) is 3. The molecular weight excluding hydrogens is 356 g/mol. The van der Waals surface area contributed by atoms with Crippen molar-refractivity contribution < 1.29 is 13.5 Å². The third-order valence-electron chi connectivity index (χ3n) is 2.94. The van der Waals surface area contributed by atoms with Gasteiger partial charge in [0.2, 0.25) is 10.0 Å². The number of nitrogens with two attached hydrogens (primary N) is 1. The molecule has 21 heavy (non-hydrogen) atoms. The van der Waals surface area contributed by atoms with E-state index in [2.05, 4.69) is 20.7 Å². The molecule has 0 saturated carbocycles. The lowest BCUT2D eigenvalue weighted by Gasteiger charge is -2.17. The van der Waals surface area contributed by atoms with Crippen molar-refractivity contribution in [3.63, 3.8) is 0 Å². The molecule has 0 amide bonds. The van der Waals surface area contributed by atoms with Crippen LogP contribution in [0.15, 0.2) is 57.9 Å². The van der Waals surface area contributed by atoms with E-state index in [0.717, 1.165) is 0 Å². The number of halogens is 1. The first kappa shape index (κ1) is 16.0. The van der Waals surface area contributed by atoms with Gasteiger partial charge in [-0.3, -0.25) is 0 Å². The Hall–Kier alpha value is -1.41. The van der Waals surface area contributed by atoms with E-state index in [-0.39, 0.29) is 17.2 Å². The summed E-state index contributed by atoms with van der Waals surface area (Å²) in [4.78, 5) is -0.0138. The molecule has 0 fully saturated rings. The Morgan fingerprint density at radius 1 is 1.19 bits per heavy atom. The molecule has 1 atom stereocenters. The average Bonchev–Trinajstić information content (AvgIpc) is 2.45. The maximum atomic E-state index is 12.4. The minimum Gasteiger partial charge on any atom is -0.398 e. The van der Waals surface area contributed by atoms with Crippen LogP contribution in [0.2, 0.25) is 0 Å². The summed E-state index contributed by atoms with van der Waals surface area (Å²) < 4.78 is 27.9. The van der Waals surface area contributed by atoms with E-state index in [1.165, 1.54) is 12.1 Å². The van der Waals surface area contributed by atoms with Gasteiger partial charge in [0.1, 0.15) is 4.90 Å². The normalized spacial score (nSPS) is 13.0. The molecule has 0 bridgehead atoms. The summed E-state index contributed by atoms with van der Waals surface area (Å²) in [6.45, 7) is -0.348. The summed E-state index contributed by atoms with van der Waals surface area (Å²) in [7, 11) is -3.82. The van der Waals surface area contributed by atoms with Crippen LogP contribution in [0.25, 0.3) is 0 Å². The van der Waals surface area contributed by atoms with Gasteiger partial charge >= 0.3 is 0 Å². The van der Waals surface area contributed by atoms with Gasteiger partial charge in [0, 0.05) is 4.47 Å². The minimum atomic E-state index is -3.82. The molecule has 0 heterocycles. The molecule has 112 valence electrons. The van der Waals surface area contributed by atoms with Gasteiger partial charge in [-0.15, -0.1) is 0 Å². The van der Waals surface area contributed by atoms with Crippen LogP contribution < -0.4 is 10.5 Å². The van der Waals surface area contributed by atoms with E-state index in [4.69, 9.17) is 5.73 Å². The summed E-state index contributed by atoms with van der Waals surface area (Å²) in [5.74, 6) is 0. The van der Waals surface area contributed by atoms with Crippen molar-refractivity contribution >= 4 is 31.6 Å². The molecule has 0 unspecified atom stereocenters. The predicted octanol–water partition coefficient (Wildman–Crippen LogP) is 2.04. The Balaban J connectivity index is 2.32. The van der Waals surface area contributed by atoms with Gasteiger partial charge in [0.25, 0.3) is 0 Å². The zero-order chi connectivity index (χ0) is 15.5. The molecule has 2 aromatic carbocycles. The van der Waals surface area contributed by atoms with Crippen molar-refractivity contribution in [1.29, 1.82) is 0 Å². The lowest BCUT2D eigenvalue weighted by Crippen LogP contribution is -2.31. The lowest BCUT2D eigenvalue weighted by atomic mass is 10.1. The lowest BCUT2D eigenvalue weighted by molar-refractivity contribution is 0.259. The predicted molar refractivity (Wildman–Crippen MR) is 85.1 cm³/mol. The monoisotopic (exact) mass is 370 g/mol. The van der Waals surface area contributed by atoms with Gasteiger partial charge in [-0.1, -0.05) is 46.3 Å². The summed E-state index contributed by atoms with van der Waals surface area (Å²) in [5.41, 5.74) is 6.57. The van der Waals surface area contributed by atoms with Crippen molar-refractivity contribution in [2.24, 2.45) is 0 Å². The number of aliphatic hydroxyl groups is 1. The largest absolute Gasteiger partial charge is 0.398 e. The van der Waals surface area contributed by atoms with E-state index >= 15 is 0 Å². The van der Waals surface area contributed by atoms with Crippen molar-refractivity contribution in [1.82, 2.24) is 4.72 Å². The fourth-order valence-corrected chi connectivity index (χ4v) is 3.62. The van der Waals surface area contributed by atoms with Crippen LogP contribution in [0.1, 0.15) is 11.6 Å². The Labute approximate surface area is 132 Å². The molecule has 2 aromatic rings. The third-order valence-corrected chi connectivity index (χ3v) is 4.98. The number of benzene rings is 2. The summed E-state index contributed by atoms with van der Waals surface area (Å²) >= 11 is 3.23. The zero-order valence-corrected chi connectivity index (χ0v) is 13.4. The van der Waals surface area contributed by atoms with E-state index in [1.54, 1.807) is 30.3 Å². The van der Waals surface area contributed by atoms with Gasteiger partial charge in [-0.05, 0) is 23.8 Å². The summed E-state index contributed by atoms with van der Waals surface area (Å²) in [6.07, 6.45) is 0. The number of anilines is 1. The van der Waals surface area contributed by atoms with E-state index < -0.39 is 16.1 Å². The maximum absolute atomic E-state index is 12.4. The molecule has 0 radical (unpaired) electrons. The minimum absolute atomic E-state index is 0.0138. The molecule has 0 aromatic heterocycles. The molecule has 0 aliphatic heterocycles. The highest BCUT2D eigenvalue weighted by Gasteiger charge is 2.22. The van der Waals surface area contributed by atoms with Crippen molar-refractivity contribution in [2.75, 3.05) is 12.3 Å². The standard InChI is InChI=1S/C14H15BrN2O3S/c15-11-6-7-14(12(16)8-11)21(19,20)17-13(9-18)10-4-2-1-3-5-10/h1-8,13,17-18H,9,16H2/t13-/m1/s1. The van der Waals surface area contributed by atoms with Gasteiger partial charge in [0.05, 0.1) is 18.3 Å². The van der Waals surface area contributed by atoms with Crippen molar-refractivity contribution in [3.05, 3.63) is 58.6 Å². The molecule has 2 rings (SSSR count). The molecule has 7 heteroatoms. The Morgan fingerprint density at radius 3 is 2.43 bits per heavy atom. The van der Waals surface area contributed by atoms with Crippen molar-refractivity contribution in [3.8, 4) is 0 Å².